The van der Waals surface area contributed by atoms with Gasteiger partial charge in [0, 0.05) is 14.3 Å². The molecular formula is C8H22OSi2. The average molecular weight is 190 g/mol. The van der Waals surface area contributed by atoms with Crippen LogP contribution in [-0.2, 0) is 0 Å². The van der Waals surface area contributed by atoms with E-state index in [0.29, 0.717) is 6.23 Å². The molecule has 0 aromatic carbocycles. The zero-order valence-electron chi connectivity index (χ0n) is 8.57. The van der Waals surface area contributed by atoms with Crippen LogP contribution in [0, 0.1) is 0 Å². The van der Waals surface area contributed by atoms with E-state index in [1.165, 1.54) is 12.1 Å². The number of hydrogen-bond donors (Lipinski definition) is 1. The quantitative estimate of drug-likeness (QED) is 0.676. The van der Waals surface area contributed by atoms with E-state index in [2.05, 4.69) is 32.7 Å². The van der Waals surface area contributed by atoms with E-state index in [4.69, 9.17) is 5.11 Å². The molecule has 0 atom stereocenters. The largest absolute Gasteiger partial charge is 0.400 e. The molecule has 0 amide bonds. The maximum Gasteiger partial charge on any atom is 0.0770 e. The summed E-state index contributed by atoms with van der Waals surface area (Å²) >= 11 is 0. The highest BCUT2D eigenvalue weighted by Crippen LogP contribution is 2.19. The minimum absolute atomic E-state index is 0.456. The molecule has 1 N–H and O–H groups in total. The van der Waals surface area contributed by atoms with Gasteiger partial charge in [0.05, 0.1) is 8.07 Å². The first-order chi connectivity index (χ1) is 4.77. The Morgan fingerprint density at radius 2 is 1.36 bits per heavy atom. The van der Waals surface area contributed by atoms with Gasteiger partial charge in [-0.2, -0.15) is 0 Å². The second-order valence-electron chi connectivity index (χ2n) is 5.38. The van der Waals surface area contributed by atoms with Crippen LogP contribution >= 0.6 is 0 Å². The summed E-state index contributed by atoms with van der Waals surface area (Å²) in [6, 6.07) is 2.69. The van der Waals surface area contributed by atoms with Crippen LogP contribution in [0.15, 0.2) is 0 Å². The SMILES string of the molecule is C[Si](C)(C)CC[Si](C)(C)CO. The maximum absolute atomic E-state index is 9.07. The number of aliphatic hydroxyl groups is 1. The van der Waals surface area contributed by atoms with E-state index < -0.39 is 16.1 Å². The fraction of sp³-hybridized carbons (Fsp3) is 1.00. The lowest BCUT2D eigenvalue weighted by Crippen LogP contribution is -2.34. The van der Waals surface area contributed by atoms with Crippen LogP contribution < -0.4 is 0 Å². The Morgan fingerprint density at radius 1 is 0.909 bits per heavy atom. The van der Waals surface area contributed by atoms with Crippen molar-refractivity contribution in [3.05, 3.63) is 0 Å². The van der Waals surface area contributed by atoms with Crippen molar-refractivity contribution in [3.63, 3.8) is 0 Å². The smallest absolute Gasteiger partial charge is 0.0770 e. The molecule has 0 saturated carbocycles. The molecular weight excluding hydrogens is 168 g/mol. The highest BCUT2D eigenvalue weighted by Gasteiger charge is 2.23. The zero-order valence-corrected chi connectivity index (χ0v) is 10.6. The molecule has 0 unspecified atom stereocenters. The Bertz CT molecular complexity index is 116. The summed E-state index contributed by atoms with van der Waals surface area (Å²) in [6.07, 6.45) is 0.456. The summed E-state index contributed by atoms with van der Waals surface area (Å²) in [7, 11) is -2.06. The number of aliphatic hydroxyl groups excluding tert-OH is 1. The van der Waals surface area contributed by atoms with Crippen molar-refractivity contribution in [3.8, 4) is 0 Å². The molecule has 0 fully saturated rings. The van der Waals surface area contributed by atoms with Gasteiger partial charge >= 0.3 is 0 Å². The summed E-state index contributed by atoms with van der Waals surface area (Å²) in [5.74, 6) is 0. The molecule has 0 aliphatic carbocycles. The van der Waals surface area contributed by atoms with E-state index in [1.54, 1.807) is 0 Å². The van der Waals surface area contributed by atoms with Crippen molar-refractivity contribution in [2.75, 3.05) is 6.23 Å². The Kier molecular flexibility index (Phi) is 4.01. The molecule has 0 rings (SSSR count). The summed E-state index contributed by atoms with van der Waals surface area (Å²) in [4.78, 5) is 0. The third-order valence-electron chi connectivity index (χ3n) is 1.98. The Labute approximate surface area is 72.9 Å². The first kappa shape index (κ1) is 11.4. The van der Waals surface area contributed by atoms with E-state index in [9.17, 15) is 0 Å². The van der Waals surface area contributed by atoms with Crippen molar-refractivity contribution in [1.29, 1.82) is 0 Å². The summed E-state index contributed by atoms with van der Waals surface area (Å²) in [6.45, 7) is 11.7. The standard InChI is InChI=1S/C8H22OSi2/c1-10(2,3)6-7-11(4,5)8-9/h9H,6-8H2,1-5H3. The van der Waals surface area contributed by atoms with Gasteiger partial charge in [-0.1, -0.05) is 44.8 Å². The predicted octanol–water partition coefficient (Wildman–Crippen LogP) is 2.56. The third kappa shape index (κ3) is 6.78. The first-order valence-corrected chi connectivity index (χ1v) is 11.5. The van der Waals surface area contributed by atoms with Gasteiger partial charge in [0.25, 0.3) is 0 Å². The summed E-state index contributed by atoms with van der Waals surface area (Å²) < 4.78 is 0. The van der Waals surface area contributed by atoms with Crippen LogP contribution in [0.4, 0.5) is 0 Å². The van der Waals surface area contributed by atoms with E-state index in [-0.39, 0.29) is 0 Å². The highest BCUT2D eigenvalue weighted by atomic mass is 28.3. The van der Waals surface area contributed by atoms with Crippen molar-refractivity contribution in [2.45, 2.75) is 44.8 Å². The number of hydrogen-bond acceptors (Lipinski definition) is 1. The van der Waals surface area contributed by atoms with Gasteiger partial charge in [0.2, 0.25) is 0 Å². The second-order valence-corrected chi connectivity index (χ2v) is 16.1. The maximum atomic E-state index is 9.07. The summed E-state index contributed by atoms with van der Waals surface area (Å²) in [5.41, 5.74) is 0. The van der Waals surface area contributed by atoms with E-state index >= 15 is 0 Å². The second kappa shape index (κ2) is 3.87. The minimum Gasteiger partial charge on any atom is -0.400 e. The van der Waals surface area contributed by atoms with Crippen LogP contribution in [0.2, 0.25) is 44.8 Å². The average Bonchev–Trinajstić information content (AvgIpc) is 1.83. The van der Waals surface area contributed by atoms with Crippen molar-refractivity contribution < 1.29 is 5.11 Å². The Morgan fingerprint density at radius 3 is 1.64 bits per heavy atom. The first-order valence-electron chi connectivity index (χ1n) is 4.38. The summed E-state index contributed by atoms with van der Waals surface area (Å²) in [5, 5.41) is 9.07. The molecule has 0 saturated heterocycles. The van der Waals surface area contributed by atoms with Crippen molar-refractivity contribution in [2.24, 2.45) is 0 Å². The molecule has 0 bridgehead atoms. The van der Waals surface area contributed by atoms with Gasteiger partial charge in [0.15, 0.2) is 0 Å². The molecule has 0 spiro atoms. The lowest BCUT2D eigenvalue weighted by molar-refractivity contribution is 0.358. The van der Waals surface area contributed by atoms with Crippen LogP contribution in [0.3, 0.4) is 0 Å². The van der Waals surface area contributed by atoms with Crippen LogP contribution in [0.1, 0.15) is 0 Å². The zero-order chi connectivity index (χ0) is 9.12. The van der Waals surface area contributed by atoms with Gasteiger partial charge in [-0.05, 0) is 0 Å². The van der Waals surface area contributed by atoms with Gasteiger partial charge in [-0.3, -0.25) is 0 Å². The molecule has 0 aromatic heterocycles. The Hall–Kier alpha value is 0.394. The molecule has 0 heterocycles. The molecule has 0 aliphatic heterocycles. The lowest BCUT2D eigenvalue weighted by atomic mass is 10.9. The number of rotatable bonds is 4. The molecule has 3 heteroatoms. The fourth-order valence-electron chi connectivity index (χ4n) is 0.792. The minimum atomic E-state index is -1.20. The van der Waals surface area contributed by atoms with E-state index in [0.717, 1.165) is 0 Å². The molecule has 0 aliphatic rings. The topological polar surface area (TPSA) is 20.2 Å². The molecule has 0 radical (unpaired) electrons. The molecule has 0 aromatic rings. The van der Waals surface area contributed by atoms with Gasteiger partial charge < -0.3 is 5.11 Å². The normalized spacial score (nSPS) is 13.6. The Balaban J connectivity index is 3.70. The molecule has 68 valence electrons. The third-order valence-corrected chi connectivity index (χ3v) is 6.69. The predicted molar refractivity (Wildman–Crippen MR) is 57.5 cm³/mol. The van der Waals surface area contributed by atoms with Gasteiger partial charge in [0.1, 0.15) is 0 Å². The van der Waals surface area contributed by atoms with Gasteiger partial charge in [-0.15, -0.1) is 0 Å². The molecule has 1 nitrogen and oxygen atoms in total. The van der Waals surface area contributed by atoms with Crippen LogP contribution in [0.5, 0.6) is 0 Å². The highest BCUT2D eigenvalue weighted by molar-refractivity contribution is 6.81. The van der Waals surface area contributed by atoms with Gasteiger partial charge in [-0.25, -0.2) is 0 Å². The van der Waals surface area contributed by atoms with Crippen LogP contribution in [0.25, 0.3) is 0 Å². The van der Waals surface area contributed by atoms with E-state index in [1.807, 2.05) is 0 Å². The van der Waals surface area contributed by atoms with Crippen LogP contribution in [-0.4, -0.2) is 27.5 Å². The van der Waals surface area contributed by atoms with Crippen molar-refractivity contribution >= 4 is 16.1 Å². The molecule has 11 heavy (non-hydrogen) atoms. The lowest BCUT2D eigenvalue weighted by Gasteiger charge is -2.23. The fourth-order valence-corrected chi connectivity index (χ4v) is 6.66. The monoisotopic (exact) mass is 190 g/mol. The van der Waals surface area contributed by atoms with Crippen molar-refractivity contribution in [1.82, 2.24) is 0 Å².